The molecule has 7 nitrogen and oxygen atoms in total. The lowest BCUT2D eigenvalue weighted by Gasteiger charge is -2.20. The van der Waals surface area contributed by atoms with Gasteiger partial charge >= 0.3 is 0 Å². The minimum atomic E-state index is -0.0674. The second kappa shape index (κ2) is 7.24. The highest BCUT2D eigenvalue weighted by molar-refractivity contribution is 7.98. The van der Waals surface area contributed by atoms with Crippen LogP contribution < -0.4 is 10.6 Å². The summed E-state index contributed by atoms with van der Waals surface area (Å²) < 4.78 is 0. The van der Waals surface area contributed by atoms with E-state index in [4.69, 9.17) is 5.73 Å². The maximum atomic E-state index is 12.2. The van der Waals surface area contributed by atoms with Crippen molar-refractivity contribution in [2.45, 2.75) is 31.7 Å². The van der Waals surface area contributed by atoms with Crippen molar-refractivity contribution in [2.75, 3.05) is 10.6 Å². The third kappa shape index (κ3) is 3.99. The molecule has 0 bridgehead atoms. The first-order valence-electron chi connectivity index (χ1n) is 7.57. The van der Waals surface area contributed by atoms with Gasteiger partial charge < -0.3 is 5.73 Å². The number of thioether (sulfide) groups is 1. The van der Waals surface area contributed by atoms with E-state index in [1.54, 1.807) is 11.8 Å². The summed E-state index contributed by atoms with van der Waals surface area (Å²) in [6.45, 7) is 5.57. The number of nitrogens with zero attached hydrogens (tertiary/aromatic N) is 4. The number of nitrogens with two attached hydrogens (primary N) is 1. The third-order valence-electron chi connectivity index (χ3n) is 3.47. The zero-order valence-corrected chi connectivity index (χ0v) is 15.7. The predicted octanol–water partition coefficient (Wildman–Crippen LogP) is 3.44. The van der Waals surface area contributed by atoms with Crippen molar-refractivity contribution >= 4 is 45.8 Å². The van der Waals surface area contributed by atoms with Crippen molar-refractivity contribution in [1.82, 2.24) is 20.2 Å². The number of hydrogen-bond donors (Lipinski definition) is 2. The number of carbonyl (C=O) groups excluding carboxylic acids is 1. The highest BCUT2D eigenvalue weighted by Crippen LogP contribution is 2.32. The molecule has 3 aromatic rings. The van der Waals surface area contributed by atoms with Crippen LogP contribution >= 0.6 is 23.1 Å². The van der Waals surface area contributed by atoms with Gasteiger partial charge in [0.05, 0.1) is 11.4 Å². The van der Waals surface area contributed by atoms with E-state index >= 15 is 0 Å². The summed E-state index contributed by atoms with van der Waals surface area (Å²) in [7, 11) is 0. The molecular formula is C16H18N6OS2. The molecule has 0 aliphatic carbocycles. The maximum Gasteiger partial charge on any atom is 0.230 e. The normalized spacial score (nSPS) is 10.8. The number of thiazole rings is 1. The van der Waals surface area contributed by atoms with Gasteiger partial charge in [-0.05, 0) is 25.5 Å². The zero-order valence-electron chi connectivity index (χ0n) is 14.1. The molecule has 0 aliphatic rings. The number of anilines is 3. The van der Waals surface area contributed by atoms with Crippen LogP contribution in [0.4, 0.5) is 16.8 Å². The molecule has 3 rings (SSSR count). The average Bonchev–Trinajstić information content (AvgIpc) is 3.16. The number of aromatic nitrogens is 4. The van der Waals surface area contributed by atoms with E-state index in [-0.39, 0.29) is 5.91 Å². The first-order chi connectivity index (χ1) is 11.9. The van der Waals surface area contributed by atoms with Gasteiger partial charge in [-0.3, -0.25) is 9.69 Å². The molecule has 25 heavy (non-hydrogen) atoms. The van der Waals surface area contributed by atoms with E-state index in [0.29, 0.717) is 22.0 Å². The molecule has 0 saturated heterocycles. The summed E-state index contributed by atoms with van der Waals surface area (Å²) >= 11 is 2.88. The van der Waals surface area contributed by atoms with E-state index in [9.17, 15) is 4.79 Å². The van der Waals surface area contributed by atoms with E-state index in [2.05, 4.69) is 26.2 Å². The second-order valence-electron chi connectivity index (χ2n) is 5.56. The molecule has 0 saturated carbocycles. The largest absolute Gasteiger partial charge is 0.368 e. The lowest BCUT2D eigenvalue weighted by atomic mass is 10.1. The van der Waals surface area contributed by atoms with Crippen LogP contribution in [0, 0.1) is 13.8 Å². The number of hydrogen-bond acceptors (Lipinski definition) is 7. The van der Waals surface area contributed by atoms with Crippen LogP contribution in [0.2, 0.25) is 0 Å². The first-order valence-corrected chi connectivity index (χ1v) is 9.43. The van der Waals surface area contributed by atoms with Crippen molar-refractivity contribution in [3.63, 3.8) is 0 Å². The Morgan fingerprint density at radius 3 is 2.80 bits per heavy atom. The molecular weight excluding hydrogens is 356 g/mol. The molecule has 130 valence electrons. The summed E-state index contributed by atoms with van der Waals surface area (Å²) in [5.74, 6) is 0.827. The maximum absolute atomic E-state index is 12.2. The van der Waals surface area contributed by atoms with Gasteiger partial charge in [-0.25, -0.2) is 10.1 Å². The number of carbonyl (C=O) groups is 1. The summed E-state index contributed by atoms with van der Waals surface area (Å²) in [5.41, 5.74) is 9.43. The van der Waals surface area contributed by atoms with Gasteiger partial charge in [-0.2, -0.15) is 4.98 Å². The van der Waals surface area contributed by atoms with Crippen LogP contribution in [0.5, 0.6) is 0 Å². The summed E-state index contributed by atoms with van der Waals surface area (Å²) in [6.07, 6.45) is 0. The molecule has 0 atom stereocenters. The van der Waals surface area contributed by atoms with Crippen molar-refractivity contribution < 1.29 is 4.79 Å². The Morgan fingerprint density at radius 2 is 2.16 bits per heavy atom. The molecule has 9 heteroatoms. The number of aryl methyl sites for hydroxylation is 2. The Bertz CT molecular complexity index is 904. The van der Waals surface area contributed by atoms with Gasteiger partial charge in [0.2, 0.25) is 17.0 Å². The number of amides is 1. The van der Waals surface area contributed by atoms with Gasteiger partial charge in [0.1, 0.15) is 0 Å². The number of nitrogens with one attached hydrogen (secondary N) is 1. The Balaban J connectivity index is 1.81. The van der Waals surface area contributed by atoms with Crippen LogP contribution in [0.15, 0.2) is 28.7 Å². The van der Waals surface area contributed by atoms with Crippen molar-refractivity contribution in [3.05, 3.63) is 40.4 Å². The fourth-order valence-electron chi connectivity index (χ4n) is 2.39. The highest BCUT2D eigenvalue weighted by atomic mass is 32.2. The van der Waals surface area contributed by atoms with Gasteiger partial charge in [0, 0.05) is 18.1 Å². The van der Waals surface area contributed by atoms with Gasteiger partial charge in [0.15, 0.2) is 5.13 Å². The minimum Gasteiger partial charge on any atom is -0.368 e. The van der Waals surface area contributed by atoms with Gasteiger partial charge in [0.25, 0.3) is 0 Å². The fraction of sp³-hybridized carbons (Fsp3) is 0.250. The molecule has 1 amide bonds. The number of nitrogen functional groups attached to an aromatic ring is 1. The zero-order chi connectivity index (χ0) is 18.0. The Kier molecular flexibility index (Phi) is 5.05. The molecule has 3 N–H and O–H groups in total. The third-order valence-corrected chi connectivity index (χ3v) is 5.23. The Hall–Kier alpha value is -2.39. The summed E-state index contributed by atoms with van der Waals surface area (Å²) in [4.78, 5) is 22.5. The minimum absolute atomic E-state index is 0.0674. The topological polar surface area (TPSA) is 101 Å². The number of H-pyrrole nitrogens is 1. The monoisotopic (exact) mass is 374 g/mol. The fourth-order valence-corrected chi connectivity index (χ4v) is 4.07. The van der Waals surface area contributed by atoms with Gasteiger partial charge in [-0.1, -0.05) is 29.5 Å². The summed E-state index contributed by atoms with van der Waals surface area (Å²) in [5, 5.41) is 9.76. The average molecular weight is 374 g/mol. The second-order valence-corrected chi connectivity index (χ2v) is 7.34. The Labute approximate surface area is 153 Å². The SMILES string of the molecule is CC(=O)N(c1nc(CSc2n[nH]c(N)n2)cs1)c1ccc(C)cc1C. The van der Waals surface area contributed by atoms with E-state index in [0.717, 1.165) is 22.5 Å². The van der Waals surface area contributed by atoms with E-state index < -0.39 is 0 Å². The highest BCUT2D eigenvalue weighted by Gasteiger charge is 2.19. The molecule has 0 fully saturated rings. The number of rotatable bonds is 5. The predicted molar refractivity (Wildman–Crippen MR) is 101 cm³/mol. The van der Waals surface area contributed by atoms with Crippen molar-refractivity contribution in [3.8, 4) is 0 Å². The van der Waals surface area contributed by atoms with Crippen molar-refractivity contribution in [2.24, 2.45) is 0 Å². The molecule has 0 aliphatic heterocycles. The van der Waals surface area contributed by atoms with E-state index in [1.807, 2.05) is 31.4 Å². The van der Waals surface area contributed by atoms with Crippen molar-refractivity contribution in [1.29, 1.82) is 0 Å². The molecule has 2 heterocycles. The molecule has 0 radical (unpaired) electrons. The van der Waals surface area contributed by atoms with Crippen LogP contribution in [0.25, 0.3) is 0 Å². The van der Waals surface area contributed by atoms with E-state index in [1.165, 1.54) is 23.1 Å². The number of aromatic amines is 1. The lowest BCUT2D eigenvalue weighted by Crippen LogP contribution is -2.23. The molecule has 1 aromatic carbocycles. The van der Waals surface area contributed by atoms with Crippen LogP contribution in [0.1, 0.15) is 23.7 Å². The smallest absolute Gasteiger partial charge is 0.230 e. The first kappa shape index (κ1) is 17.4. The van der Waals surface area contributed by atoms with Crippen LogP contribution in [-0.2, 0) is 10.5 Å². The van der Waals surface area contributed by atoms with Crippen LogP contribution in [0.3, 0.4) is 0 Å². The van der Waals surface area contributed by atoms with Crippen LogP contribution in [-0.4, -0.2) is 26.1 Å². The molecule has 0 spiro atoms. The number of benzene rings is 1. The van der Waals surface area contributed by atoms with Gasteiger partial charge in [-0.15, -0.1) is 16.4 Å². The Morgan fingerprint density at radius 1 is 1.36 bits per heavy atom. The lowest BCUT2D eigenvalue weighted by molar-refractivity contribution is -0.115. The quantitative estimate of drug-likeness (QED) is 0.664. The molecule has 0 unspecified atom stereocenters. The summed E-state index contributed by atoms with van der Waals surface area (Å²) in [6, 6.07) is 6.01. The molecule has 2 aromatic heterocycles. The standard InChI is InChI=1S/C16H18N6OS2/c1-9-4-5-13(10(2)6-9)22(11(3)23)16-18-12(8-25-16)7-24-15-19-14(17)20-21-15/h4-6,8H,7H2,1-3H3,(H3,17,19,20,21).